The Morgan fingerprint density at radius 3 is 2.61 bits per heavy atom. The van der Waals surface area contributed by atoms with Crippen LogP contribution in [0.3, 0.4) is 0 Å². The summed E-state index contributed by atoms with van der Waals surface area (Å²) >= 11 is 0. The van der Waals surface area contributed by atoms with Crippen LogP contribution in [0.5, 0.6) is 0 Å². The molecule has 8 heteroatoms. The van der Waals surface area contributed by atoms with Gasteiger partial charge in [0.15, 0.2) is 29.0 Å². The Kier molecular flexibility index (Phi) is 5.23. The monoisotopic (exact) mass is 578 g/mol. The number of rotatable bonds is 3. The van der Waals surface area contributed by atoms with Crippen molar-refractivity contribution in [3.63, 3.8) is 0 Å². The zero-order valence-corrected chi connectivity index (χ0v) is 25.4. The summed E-state index contributed by atoms with van der Waals surface area (Å²) in [6, 6.07) is 23.9. The zero-order valence-electron chi connectivity index (χ0n) is 25.4. The van der Waals surface area contributed by atoms with E-state index in [-0.39, 0.29) is 17.6 Å². The average Bonchev–Trinajstić information content (AvgIpc) is 3.68. The molecule has 2 aromatic carbocycles. The number of aromatic nitrogens is 8. The standard InChI is InChI=1S/C36H34N8/c1-5-36(6-2)20-31(44-35(39-22(3)40-44)29-15-9-10-17-42(29)36)33-26-19-30-24(23-12-7-8-14-28(23)41(30)4)18-25(26)32-21-38-27-13-11-16-37-34(27)43(32)33/h7-19,21,31,33H,5-6,20H2,1-4H3/q+2. The summed E-state index contributed by atoms with van der Waals surface area (Å²) in [5, 5.41) is 7.67. The summed E-state index contributed by atoms with van der Waals surface area (Å²) in [6.07, 6.45) is 9.06. The minimum Gasteiger partial charge on any atom is -0.344 e. The molecule has 2 aliphatic heterocycles. The minimum absolute atomic E-state index is 0.0178. The van der Waals surface area contributed by atoms with E-state index in [1.165, 1.54) is 32.9 Å². The highest BCUT2D eigenvalue weighted by Crippen LogP contribution is 2.48. The van der Waals surface area contributed by atoms with Crippen LogP contribution in [-0.4, -0.2) is 29.3 Å². The first kappa shape index (κ1) is 25.5. The molecule has 2 aliphatic rings. The third-order valence-corrected chi connectivity index (χ3v) is 10.5. The fourth-order valence-corrected chi connectivity index (χ4v) is 8.24. The molecule has 0 radical (unpaired) electrons. The predicted molar refractivity (Wildman–Crippen MR) is 170 cm³/mol. The highest BCUT2D eigenvalue weighted by molar-refractivity contribution is 6.09. The number of pyridine rings is 2. The van der Waals surface area contributed by atoms with E-state index in [1.807, 2.05) is 25.4 Å². The molecule has 0 bridgehead atoms. The van der Waals surface area contributed by atoms with Crippen LogP contribution in [0.15, 0.2) is 85.3 Å². The maximum absolute atomic E-state index is 5.15. The summed E-state index contributed by atoms with van der Waals surface area (Å²) < 4.78 is 9.48. The van der Waals surface area contributed by atoms with Crippen molar-refractivity contribution in [2.75, 3.05) is 0 Å². The Balaban J connectivity index is 1.40. The van der Waals surface area contributed by atoms with E-state index in [0.717, 1.165) is 53.5 Å². The van der Waals surface area contributed by atoms with Gasteiger partial charge in [0, 0.05) is 71.4 Å². The summed E-state index contributed by atoms with van der Waals surface area (Å²) in [6.45, 7) is 6.64. The molecule has 0 N–H and O–H groups in total. The number of hydrogen-bond acceptors (Lipinski definition) is 4. The van der Waals surface area contributed by atoms with E-state index >= 15 is 0 Å². The van der Waals surface area contributed by atoms with Crippen molar-refractivity contribution in [1.29, 1.82) is 0 Å². The molecule has 5 aromatic heterocycles. The lowest BCUT2D eigenvalue weighted by molar-refractivity contribution is -0.759. The fourth-order valence-electron chi connectivity index (χ4n) is 8.24. The van der Waals surface area contributed by atoms with Crippen LogP contribution >= 0.6 is 0 Å². The SMILES string of the molecule is CCC1(CC)CC(C2c3cc4c(cc3-c3cnc5cccnc5[n+]32)c2ccccc2n4C)n2nc(C)nc2-c2cccc[n+]21. The first-order valence-corrected chi connectivity index (χ1v) is 15.6. The van der Waals surface area contributed by atoms with E-state index < -0.39 is 0 Å². The van der Waals surface area contributed by atoms with Gasteiger partial charge in [-0.3, -0.25) is 0 Å². The molecule has 0 saturated heterocycles. The second kappa shape index (κ2) is 9.02. The molecule has 7 aromatic rings. The molecule has 8 nitrogen and oxygen atoms in total. The second-order valence-corrected chi connectivity index (χ2v) is 12.4. The number of nitrogens with zero attached hydrogens (tertiary/aromatic N) is 8. The van der Waals surface area contributed by atoms with Crippen LogP contribution in [0.4, 0.5) is 0 Å². The molecule has 44 heavy (non-hydrogen) atoms. The number of fused-ring (bicyclic) bond motifs is 11. The summed E-state index contributed by atoms with van der Waals surface area (Å²) in [5.74, 6) is 1.70. The van der Waals surface area contributed by atoms with Crippen LogP contribution in [0, 0.1) is 6.92 Å². The number of hydrogen-bond donors (Lipinski definition) is 0. The van der Waals surface area contributed by atoms with Gasteiger partial charge in [0.2, 0.25) is 5.82 Å². The van der Waals surface area contributed by atoms with Gasteiger partial charge in [0.05, 0.1) is 6.20 Å². The third kappa shape index (κ3) is 3.23. The van der Waals surface area contributed by atoms with E-state index in [2.05, 4.69) is 106 Å². The highest BCUT2D eigenvalue weighted by atomic mass is 15.4. The van der Waals surface area contributed by atoms with Crippen molar-refractivity contribution in [3.05, 3.63) is 96.7 Å². The number of benzene rings is 2. The Labute approximate surface area is 255 Å². The Morgan fingerprint density at radius 1 is 0.909 bits per heavy atom. The molecule has 2 unspecified atom stereocenters. The molecule has 0 amide bonds. The van der Waals surface area contributed by atoms with Gasteiger partial charge >= 0.3 is 5.65 Å². The van der Waals surface area contributed by atoms with Crippen LogP contribution < -0.4 is 9.13 Å². The molecule has 7 heterocycles. The summed E-state index contributed by atoms with van der Waals surface area (Å²) in [5.41, 5.74) is 8.85. The molecule has 9 rings (SSSR count). The van der Waals surface area contributed by atoms with Crippen LogP contribution in [0.2, 0.25) is 0 Å². The van der Waals surface area contributed by atoms with Gasteiger partial charge < -0.3 is 4.57 Å². The Morgan fingerprint density at radius 2 is 1.75 bits per heavy atom. The van der Waals surface area contributed by atoms with Gasteiger partial charge in [-0.1, -0.05) is 32.0 Å². The molecule has 2 atom stereocenters. The van der Waals surface area contributed by atoms with E-state index in [1.54, 1.807) is 0 Å². The zero-order chi connectivity index (χ0) is 29.7. The second-order valence-electron chi connectivity index (χ2n) is 12.4. The van der Waals surface area contributed by atoms with Gasteiger partial charge in [0.1, 0.15) is 18.1 Å². The lowest BCUT2D eigenvalue weighted by Gasteiger charge is -2.31. The van der Waals surface area contributed by atoms with Crippen molar-refractivity contribution in [3.8, 4) is 22.8 Å². The minimum atomic E-state index is -0.110. The fraction of sp³-hybridized carbons (Fsp3) is 0.278. The normalized spacial score (nSPS) is 18.3. The highest BCUT2D eigenvalue weighted by Gasteiger charge is 2.52. The molecular formula is C36H34N8+2. The van der Waals surface area contributed by atoms with Crippen molar-refractivity contribution in [2.45, 2.75) is 57.7 Å². The Bertz CT molecular complexity index is 2290. The van der Waals surface area contributed by atoms with Crippen molar-refractivity contribution < 1.29 is 9.13 Å². The van der Waals surface area contributed by atoms with Gasteiger partial charge in [-0.2, -0.15) is 9.67 Å². The Hall–Kier alpha value is -4.98. The average molecular weight is 579 g/mol. The molecular weight excluding hydrogens is 544 g/mol. The first-order chi connectivity index (χ1) is 21.5. The molecule has 0 aliphatic carbocycles. The molecule has 0 fully saturated rings. The van der Waals surface area contributed by atoms with Gasteiger partial charge in [-0.15, -0.1) is 0 Å². The summed E-state index contributed by atoms with van der Waals surface area (Å²) in [4.78, 5) is 14.9. The van der Waals surface area contributed by atoms with Crippen LogP contribution in [0.1, 0.15) is 56.6 Å². The van der Waals surface area contributed by atoms with Gasteiger partial charge in [-0.05, 0) is 48.3 Å². The lowest BCUT2D eigenvalue weighted by atomic mass is 9.81. The number of aryl methyl sites for hydroxylation is 2. The summed E-state index contributed by atoms with van der Waals surface area (Å²) in [7, 11) is 2.18. The van der Waals surface area contributed by atoms with E-state index in [4.69, 9.17) is 20.1 Å². The third-order valence-electron chi connectivity index (χ3n) is 10.5. The van der Waals surface area contributed by atoms with Crippen molar-refractivity contribution >= 4 is 33.0 Å². The first-order valence-electron chi connectivity index (χ1n) is 15.6. The van der Waals surface area contributed by atoms with Crippen LogP contribution in [-0.2, 0) is 12.6 Å². The molecule has 216 valence electrons. The quantitative estimate of drug-likeness (QED) is 0.236. The maximum Gasteiger partial charge on any atom is 0.349 e. The van der Waals surface area contributed by atoms with Gasteiger partial charge in [-0.25, -0.2) is 19.2 Å². The van der Waals surface area contributed by atoms with E-state index in [9.17, 15) is 0 Å². The van der Waals surface area contributed by atoms with E-state index in [0.29, 0.717) is 0 Å². The van der Waals surface area contributed by atoms with Gasteiger partial charge in [0.25, 0.3) is 5.69 Å². The predicted octanol–water partition coefficient (Wildman–Crippen LogP) is 6.15. The smallest absolute Gasteiger partial charge is 0.344 e. The number of para-hydroxylation sites is 1. The van der Waals surface area contributed by atoms with Crippen molar-refractivity contribution in [1.82, 2.24) is 29.3 Å². The van der Waals surface area contributed by atoms with Crippen LogP contribution in [0.25, 0.3) is 55.7 Å². The lowest BCUT2D eigenvalue weighted by Crippen LogP contribution is -2.57. The maximum atomic E-state index is 5.15. The molecule has 0 spiro atoms. The topological polar surface area (TPSA) is 69.2 Å². The largest absolute Gasteiger partial charge is 0.349 e. The van der Waals surface area contributed by atoms with Crippen molar-refractivity contribution in [2.24, 2.45) is 7.05 Å². The molecule has 0 saturated carbocycles.